The largest absolute Gasteiger partial charge is 0.466 e. The van der Waals surface area contributed by atoms with E-state index < -0.39 is 0 Å². The number of esters is 1. The van der Waals surface area contributed by atoms with Crippen LogP contribution >= 0.6 is 0 Å². The van der Waals surface area contributed by atoms with Gasteiger partial charge in [0.2, 0.25) is 5.91 Å². The van der Waals surface area contributed by atoms with E-state index in [0.29, 0.717) is 32.8 Å². The Labute approximate surface area is 88.1 Å². The molecule has 0 aromatic rings. The first-order chi connectivity index (χ1) is 7.18. The van der Waals surface area contributed by atoms with Crippen LogP contribution in [0.4, 0.5) is 0 Å². The average molecular weight is 213 g/mol. The molecule has 84 valence electrons. The smallest absolute Gasteiger partial charge is 0.311 e. The van der Waals surface area contributed by atoms with Gasteiger partial charge in [-0.15, -0.1) is 0 Å². The zero-order valence-electron chi connectivity index (χ0n) is 8.75. The predicted molar refractivity (Wildman–Crippen MR) is 51.0 cm³/mol. The number of ether oxygens (including phenoxy) is 2. The Balaban J connectivity index is 2.09. The minimum Gasteiger partial charge on any atom is -0.466 e. The number of carbonyl (C=O) groups is 2. The Morgan fingerprint density at radius 3 is 2.93 bits per heavy atom. The van der Waals surface area contributed by atoms with E-state index in [2.05, 4.69) is 5.32 Å². The van der Waals surface area contributed by atoms with E-state index in [4.69, 9.17) is 9.47 Å². The topological polar surface area (TPSA) is 64.6 Å². The van der Waals surface area contributed by atoms with E-state index in [1.165, 1.54) is 0 Å². The molecule has 1 spiro atoms. The lowest BCUT2D eigenvalue weighted by atomic mass is 9.69. The Kier molecular flexibility index (Phi) is 2.65. The molecule has 15 heavy (non-hydrogen) atoms. The van der Waals surface area contributed by atoms with Crippen LogP contribution in [0.3, 0.4) is 0 Å². The second-order valence-electron chi connectivity index (χ2n) is 4.14. The third-order valence-corrected chi connectivity index (χ3v) is 3.11. The van der Waals surface area contributed by atoms with Gasteiger partial charge in [0.1, 0.15) is 0 Å². The molecule has 5 nitrogen and oxygen atoms in total. The number of nitrogens with one attached hydrogen (secondary N) is 1. The molecule has 0 aromatic carbocycles. The molecule has 2 aliphatic heterocycles. The summed E-state index contributed by atoms with van der Waals surface area (Å²) in [6.07, 6.45) is 0.372. The molecule has 0 radical (unpaired) electrons. The minimum absolute atomic E-state index is 0.00107. The molecule has 2 saturated heterocycles. The van der Waals surface area contributed by atoms with Crippen LogP contribution in [-0.4, -0.2) is 38.2 Å². The van der Waals surface area contributed by atoms with Crippen LogP contribution in [0.25, 0.3) is 0 Å². The van der Waals surface area contributed by atoms with Crippen molar-refractivity contribution in [1.82, 2.24) is 5.32 Å². The fourth-order valence-corrected chi connectivity index (χ4v) is 2.18. The summed E-state index contributed by atoms with van der Waals surface area (Å²) in [5.41, 5.74) is -0.297. The van der Waals surface area contributed by atoms with E-state index in [-0.39, 0.29) is 23.2 Å². The van der Waals surface area contributed by atoms with Gasteiger partial charge in [-0.25, -0.2) is 0 Å². The highest BCUT2D eigenvalue weighted by Gasteiger charge is 2.53. The van der Waals surface area contributed by atoms with E-state index in [1.807, 2.05) is 0 Å². The molecule has 1 atom stereocenters. The number of hydrogen-bond donors (Lipinski definition) is 1. The molecule has 2 fully saturated rings. The zero-order chi connectivity index (χ0) is 10.9. The standard InChI is InChI=1S/C10H15NO4/c1-2-15-9(13)7-4-11-8(12)3-10(7)5-14-6-10/h7H,2-6H2,1H3,(H,11,12). The lowest BCUT2D eigenvalue weighted by molar-refractivity contribution is -0.188. The second-order valence-corrected chi connectivity index (χ2v) is 4.14. The maximum Gasteiger partial charge on any atom is 0.311 e. The van der Waals surface area contributed by atoms with Crippen molar-refractivity contribution in [3.63, 3.8) is 0 Å². The van der Waals surface area contributed by atoms with Gasteiger partial charge in [-0.1, -0.05) is 0 Å². The van der Waals surface area contributed by atoms with Crippen molar-refractivity contribution in [2.45, 2.75) is 13.3 Å². The van der Waals surface area contributed by atoms with Crippen LogP contribution in [0.5, 0.6) is 0 Å². The lowest BCUT2D eigenvalue weighted by Gasteiger charge is -2.47. The van der Waals surface area contributed by atoms with Crippen LogP contribution in [0.15, 0.2) is 0 Å². The number of piperidine rings is 1. The van der Waals surface area contributed by atoms with E-state index >= 15 is 0 Å². The summed E-state index contributed by atoms with van der Waals surface area (Å²) in [7, 11) is 0. The molecule has 0 bridgehead atoms. The van der Waals surface area contributed by atoms with Crippen molar-refractivity contribution in [2.24, 2.45) is 11.3 Å². The van der Waals surface area contributed by atoms with Gasteiger partial charge >= 0.3 is 5.97 Å². The summed E-state index contributed by atoms with van der Waals surface area (Å²) in [5, 5.41) is 2.70. The van der Waals surface area contributed by atoms with Gasteiger partial charge in [0, 0.05) is 18.4 Å². The molecule has 1 unspecified atom stereocenters. The van der Waals surface area contributed by atoms with Crippen LogP contribution in [0.1, 0.15) is 13.3 Å². The highest BCUT2D eigenvalue weighted by molar-refractivity contribution is 5.83. The third kappa shape index (κ3) is 1.71. The fourth-order valence-electron chi connectivity index (χ4n) is 2.18. The maximum atomic E-state index is 11.7. The summed E-state index contributed by atoms with van der Waals surface area (Å²) in [6.45, 7) is 3.51. The number of amides is 1. The molecular formula is C10H15NO4. The highest BCUT2D eigenvalue weighted by atomic mass is 16.5. The van der Waals surface area contributed by atoms with Gasteiger partial charge in [-0.05, 0) is 6.92 Å². The summed E-state index contributed by atoms with van der Waals surface area (Å²) >= 11 is 0. The fraction of sp³-hybridized carbons (Fsp3) is 0.800. The van der Waals surface area contributed by atoms with Crippen molar-refractivity contribution in [3.05, 3.63) is 0 Å². The Morgan fingerprint density at radius 2 is 2.40 bits per heavy atom. The Bertz CT molecular complexity index is 285. The van der Waals surface area contributed by atoms with E-state index in [9.17, 15) is 9.59 Å². The molecule has 2 rings (SSSR count). The maximum absolute atomic E-state index is 11.7. The van der Waals surface area contributed by atoms with E-state index in [0.717, 1.165) is 0 Å². The number of hydrogen-bond acceptors (Lipinski definition) is 4. The minimum atomic E-state index is -0.297. The summed E-state index contributed by atoms with van der Waals surface area (Å²) in [5.74, 6) is -0.469. The van der Waals surface area contributed by atoms with Crippen LogP contribution < -0.4 is 5.32 Å². The molecule has 0 aromatic heterocycles. The Hall–Kier alpha value is -1.10. The first kappa shape index (κ1) is 10.4. The third-order valence-electron chi connectivity index (χ3n) is 3.11. The number of carbonyl (C=O) groups excluding carboxylic acids is 2. The summed E-state index contributed by atoms with van der Waals surface area (Å²) in [6, 6.07) is 0. The van der Waals surface area contributed by atoms with Crippen LogP contribution in [-0.2, 0) is 19.1 Å². The number of rotatable bonds is 2. The predicted octanol–water partition coefficient (Wildman–Crippen LogP) is -0.298. The summed E-state index contributed by atoms with van der Waals surface area (Å²) < 4.78 is 10.1. The summed E-state index contributed by atoms with van der Waals surface area (Å²) in [4.78, 5) is 23.0. The quantitative estimate of drug-likeness (QED) is 0.640. The molecule has 2 heterocycles. The van der Waals surface area contributed by atoms with Crippen molar-refractivity contribution in [2.75, 3.05) is 26.4 Å². The first-order valence-electron chi connectivity index (χ1n) is 5.19. The highest BCUT2D eigenvalue weighted by Crippen LogP contribution is 2.41. The van der Waals surface area contributed by atoms with Gasteiger partial charge in [0.15, 0.2) is 0 Å². The molecule has 2 aliphatic rings. The lowest BCUT2D eigenvalue weighted by Crippen LogP contribution is -2.60. The van der Waals surface area contributed by atoms with Gasteiger partial charge in [-0.3, -0.25) is 9.59 Å². The monoisotopic (exact) mass is 213 g/mol. The van der Waals surface area contributed by atoms with Crippen molar-refractivity contribution in [3.8, 4) is 0 Å². The SMILES string of the molecule is CCOC(=O)C1CNC(=O)CC12COC2. The first-order valence-corrected chi connectivity index (χ1v) is 5.19. The molecule has 5 heteroatoms. The van der Waals surface area contributed by atoms with E-state index in [1.54, 1.807) is 6.92 Å². The normalized spacial score (nSPS) is 28.1. The molecule has 1 amide bonds. The molecule has 1 N–H and O–H groups in total. The van der Waals surface area contributed by atoms with Crippen molar-refractivity contribution in [1.29, 1.82) is 0 Å². The van der Waals surface area contributed by atoms with Crippen LogP contribution in [0.2, 0.25) is 0 Å². The molecule has 0 aliphatic carbocycles. The van der Waals surface area contributed by atoms with Crippen molar-refractivity contribution < 1.29 is 19.1 Å². The van der Waals surface area contributed by atoms with Gasteiger partial charge in [-0.2, -0.15) is 0 Å². The van der Waals surface area contributed by atoms with Crippen LogP contribution in [0, 0.1) is 11.3 Å². The van der Waals surface area contributed by atoms with Crippen molar-refractivity contribution >= 4 is 11.9 Å². The van der Waals surface area contributed by atoms with Gasteiger partial charge in [0.25, 0.3) is 0 Å². The Morgan fingerprint density at radius 1 is 1.67 bits per heavy atom. The van der Waals surface area contributed by atoms with Gasteiger partial charge in [0.05, 0.1) is 25.7 Å². The molecular weight excluding hydrogens is 198 g/mol. The zero-order valence-corrected chi connectivity index (χ0v) is 8.75. The second kappa shape index (κ2) is 3.81. The average Bonchev–Trinajstić information content (AvgIpc) is 2.15. The van der Waals surface area contributed by atoms with Gasteiger partial charge < -0.3 is 14.8 Å². The molecule has 0 saturated carbocycles.